The van der Waals surface area contributed by atoms with Crippen molar-refractivity contribution in [1.82, 2.24) is 19.9 Å². The number of fused-ring (bicyclic) bond motifs is 1. The Hall–Kier alpha value is -3.20. The van der Waals surface area contributed by atoms with Gasteiger partial charge in [0.05, 0.1) is 20.8 Å². The number of rotatable bonds is 8. The van der Waals surface area contributed by atoms with Crippen LogP contribution in [-0.4, -0.2) is 54.4 Å². The number of aromatic nitrogens is 4. The molecule has 0 saturated heterocycles. The molecule has 3 rings (SSSR count). The van der Waals surface area contributed by atoms with E-state index in [1.807, 2.05) is 6.07 Å². The molecule has 0 fully saturated rings. The zero-order valence-corrected chi connectivity index (χ0v) is 14.8. The van der Waals surface area contributed by atoms with Crippen LogP contribution in [0.4, 0.5) is 17.5 Å². The first-order valence-electron chi connectivity index (χ1n) is 7.95. The minimum atomic E-state index is 0.394. The predicted octanol–water partition coefficient (Wildman–Crippen LogP) is 2.24. The standard InChI is InChI=1S/C17H20N6O3/c1-24-9-8-20-16-14-15(19-7-6-18-14)22-17(23-16)21-11-4-5-12(25-2)13(10-11)26-3/h4-7,10H,8-9H2,1-3H3,(H2,19,20,21,22,23). The summed E-state index contributed by atoms with van der Waals surface area (Å²) >= 11 is 0. The van der Waals surface area contributed by atoms with Crippen molar-refractivity contribution in [3.05, 3.63) is 30.6 Å². The maximum Gasteiger partial charge on any atom is 0.231 e. The largest absolute Gasteiger partial charge is 0.493 e. The lowest BCUT2D eigenvalue weighted by atomic mass is 10.3. The Bertz CT molecular complexity index is 890. The quantitative estimate of drug-likeness (QED) is 0.588. The van der Waals surface area contributed by atoms with Crippen LogP contribution < -0.4 is 20.1 Å². The fraction of sp³-hybridized carbons (Fsp3) is 0.294. The molecule has 0 amide bonds. The molecule has 3 aromatic rings. The molecule has 0 spiro atoms. The van der Waals surface area contributed by atoms with Crippen molar-refractivity contribution >= 4 is 28.6 Å². The second kappa shape index (κ2) is 8.26. The smallest absolute Gasteiger partial charge is 0.231 e. The molecule has 0 bridgehead atoms. The first-order valence-corrected chi connectivity index (χ1v) is 7.95. The maximum absolute atomic E-state index is 5.32. The summed E-state index contributed by atoms with van der Waals surface area (Å²) in [7, 11) is 4.82. The van der Waals surface area contributed by atoms with Gasteiger partial charge in [-0.25, -0.2) is 9.97 Å². The maximum atomic E-state index is 5.32. The zero-order chi connectivity index (χ0) is 18.4. The molecule has 2 aromatic heterocycles. The lowest BCUT2D eigenvalue weighted by Crippen LogP contribution is -2.11. The molecule has 0 radical (unpaired) electrons. The Balaban J connectivity index is 1.92. The molecule has 2 N–H and O–H groups in total. The van der Waals surface area contributed by atoms with Crippen LogP contribution in [0, 0.1) is 0 Å². The van der Waals surface area contributed by atoms with E-state index >= 15 is 0 Å². The molecule has 2 heterocycles. The number of nitrogens with one attached hydrogen (secondary N) is 2. The van der Waals surface area contributed by atoms with Gasteiger partial charge in [-0.2, -0.15) is 9.97 Å². The van der Waals surface area contributed by atoms with Crippen molar-refractivity contribution in [2.24, 2.45) is 0 Å². The third kappa shape index (κ3) is 3.89. The summed E-state index contributed by atoms with van der Waals surface area (Å²) in [5.74, 6) is 2.23. The number of hydrogen-bond acceptors (Lipinski definition) is 9. The molecule has 26 heavy (non-hydrogen) atoms. The second-order valence-corrected chi connectivity index (χ2v) is 5.24. The second-order valence-electron chi connectivity index (χ2n) is 5.24. The monoisotopic (exact) mass is 356 g/mol. The molecular formula is C17H20N6O3. The molecule has 0 aliphatic heterocycles. The van der Waals surface area contributed by atoms with Crippen molar-refractivity contribution < 1.29 is 14.2 Å². The number of hydrogen-bond donors (Lipinski definition) is 2. The molecule has 136 valence electrons. The fourth-order valence-electron chi connectivity index (χ4n) is 2.36. The van der Waals surface area contributed by atoms with Crippen molar-refractivity contribution in [2.75, 3.05) is 45.1 Å². The summed E-state index contributed by atoms with van der Waals surface area (Å²) < 4.78 is 15.6. The molecule has 1 aromatic carbocycles. The summed E-state index contributed by atoms with van der Waals surface area (Å²) in [4.78, 5) is 17.5. The minimum absolute atomic E-state index is 0.394. The third-order valence-electron chi connectivity index (χ3n) is 3.57. The lowest BCUT2D eigenvalue weighted by molar-refractivity contribution is 0.210. The Morgan fingerprint density at radius 3 is 2.54 bits per heavy atom. The Labute approximate surface area is 150 Å². The Morgan fingerprint density at radius 2 is 1.77 bits per heavy atom. The average molecular weight is 356 g/mol. The van der Waals surface area contributed by atoms with E-state index in [1.54, 1.807) is 45.9 Å². The van der Waals surface area contributed by atoms with Gasteiger partial charge in [-0.15, -0.1) is 0 Å². The molecule has 0 atom stereocenters. The first kappa shape index (κ1) is 17.6. The topological polar surface area (TPSA) is 103 Å². The van der Waals surface area contributed by atoms with Gasteiger partial charge in [0.25, 0.3) is 0 Å². The van der Waals surface area contributed by atoms with Gasteiger partial charge >= 0.3 is 0 Å². The van der Waals surface area contributed by atoms with Gasteiger partial charge < -0.3 is 24.8 Å². The van der Waals surface area contributed by atoms with Gasteiger partial charge in [0.2, 0.25) is 5.95 Å². The summed E-state index contributed by atoms with van der Waals surface area (Å²) in [5.41, 5.74) is 1.85. The van der Waals surface area contributed by atoms with E-state index in [0.29, 0.717) is 47.6 Å². The normalized spacial score (nSPS) is 10.6. The number of anilines is 3. The van der Waals surface area contributed by atoms with E-state index in [2.05, 4.69) is 30.6 Å². The number of ether oxygens (including phenoxy) is 3. The molecule has 9 nitrogen and oxygen atoms in total. The summed E-state index contributed by atoms with van der Waals surface area (Å²) in [6, 6.07) is 5.46. The van der Waals surface area contributed by atoms with Crippen LogP contribution in [0.5, 0.6) is 11.5 Å². The van der Waals surface area contributed by atoms with Crippen molar-refractivity contribution in [1.29, 1.82) is 0 Å². The number of nitrogens with zero attached hydrogens (tertiary/aromatic N) is 4. The summed E-state index contributed by atoms with van der Waals surface area (Å²) in [5, 5.41) is 6.35. The summed E-state index contributed by atoms with van der Waals surface area (Å²) in [6.45, 7) is 1.14. The van der Waals surface area contributed by atoms with Crippen LogP contribution in [-0.2, 0) is 4.74 Å². The lowest BCUT2D eigenvalue weighted by Gasteiger charge is -2.12. The Morgan fingerprint density at radius 1 is 0.962 bits per heavy atom. The molecule has 0 aliphatic carbocycles. The van der Waals surface area contributed by atoms with Crippen LogP contribution in [0.15, 0.2) is 30.6 Å². The van der Waals surface area contributed by atoms with Crippen LogP contribution in [0.2, 0.25) is 0 Å². The van der Waals surface area contributed by atoms with Gasteiger partial charge in [-0.1, -0.05) is 0 Å². The molecular weight excluding hydrogens is 336 g/mol. The average Bonchev–Trinajstić information content (AvgIpc) is 2.68. The van der Waals surface area contributed by atoms with Crippen LogP contribution in [0.25, 0.3) is 11.2 Å². The fourth-order valence-corrected chi connectivity index (χ4v) is 2.36. The highest BCUT2D eigenvalue weighted by Crippen LogP contribution is 2.31. The highest BCUT2D eigenvalue weighted by molar-refractivity contribution is 5.83. The van der Waals surface area contributed by atoms with E-state index in [9.17, 15) is 0 Å². The van der Waals surface area contributed by atoms with Crippen molar-refractivity contribution in [3.8, 4) is 11.5 Å². The van der Waals surface area contributed by atoms with Gasteiger partial charge in [0.15, 0.2) is 28.5 Å². The highest BCUT2D eigenvalue weighted by atomic mass is 16.5. The predicted molar refractivity (Wildman–Crippen MR) is 98.3 cm³/mol. The Kier molecular flexibility index (Phi) is 5.59. The van der Waals surface area contributed by atoms with Gasteiger partial charge in [0, 0.05) is 37.8 Å². The first-order chi connectivity index (χ1) is 12.7. The van der Waals surface area contributed by atoms with Crippen molar-refractivity contribution in [2.45, 2.75) is 0 Å². The van der Waals surface area contributed by atoms with E-state index in [0.717, 1.165) is 5.69 Å². The van der Waals surface area contributed by atoms with Gasteiger partial charge in [0.1, 0.15) is 0 Å². The third-order valence-corrected chi connectivity index (χ3v) is 3.57. The minimum Gasteiger partial charge on any atom is -0.493 e. The van der Waals surface area contributed by atoms with E-state index in [-0.39, 0.29) is 0 Å². The van der Waals surface area contributed by atoms with Crippen LogP contribution in [0.3, 0.4) is 0 Å². The van der Waals surface area contributed by atoms with Gasteiger partial charge in [-0.3, -0.25) is 0 Å². The molecule has 0 saturated carbocycles. The SMILES string of the molecule is COCCNc1nc(Nc2ccc(OC)c(OC)c2)nc2nccnc12. The van der Waals surface area contributed by atoms with Crippen LogP contribution in [0.1, 0.15) is 0 Å². The molecule has 9 heteroatoms. The molecule has 0 aliphatic rings. The number of benzene rings is 1. The summed E-state index contributed by atoms with van der Waals surface area (Å²) in [6.07, 6.45) is 3.20. The molecule has 0 unspecified atom stereocenters. The van der Waals surface area contributed by atoms with Crippen LogP contribution >= 0.6 is 0 Å². The van der Waals surface area contributed by atoms with Crippen molar-refractivity contribution in [3.63, 3.8) is 0 Å². The highest BCUT2D eigenvalue weighted by Gasteiger charge is 2.11. The van der Waals surface area contributed by atoms with E-state index in [4.69, 9.17) is 14.2 Å². The number of methoxy groups -OCH3 is 3. The van der Waals surface area contributed by atoms with Gasteiger partial charge in [-0.05, 0) is 12.1 Å². The van der Waals surface area contributed by atoms with E-state index < -0.39 is 0 Å². The van der Waals surface area contributed by atoms with E-state index in [1.165, 1.54) is 0 Å². The zero-order valence-electron chi connectivity index (χ0n) is 14.8.